The summed E-state index contributed by atoms with van der Waals surface area (Å²) >= 11 is 3.35. The molecule has 0 N–H and O–H groups in total. The Morgan fingerprint density at radius 2 is 1.74 bits per heavy atom. The Bertz CT molecular complexity index is 581. The van der Waals surface area contributed by atoms with Crippen LogP contribution in [-0.4, -0.2) is 6.21 Å². The Balaban J connectivity index is 1.99. The van der Waals surface area contributed by atoms with Gasteiger partial charge < -0.3 is 4.84 Å². The van der Waals surface area contributed by atoms with Gasteiger partial charge in [0.15, 0.2) is 0 Å². The quantitative estimate of drug-likeness (QED) is 0.607. The zero-order valence-electron chi connectivity index (χ0n) is 9.82. The van der Waals surface area contributed by atoms with E-state index in [1.165, 1.54) is 24.4 Å². The van der Waals surface area contributed by atoms with Crippen LogP contribution in [0.5, 0.6) is 0 Å². The Kier molecular flexibility index (Phi) is 4.63. The maximum absolute atomic E-state index is 13.3. The topological polar surface area (TPSA) is 21.6 Å². The third-order valence-electron chi connectivity index (χ3n) is 2.44. The van der Waals surface area contributed by atoms with Gasteiger partial charge in [0, 0.05) is 10.0 Å². The van der Waals surface area contributed by atoms with Crippen LogP contribution >= 0.6 is 15.9 Å². The lowest BCUT2D eigenvalue weighted by Crippen LogP contribution is -1.96. The van der Waals surface area contributed by atoms with Crippen molar-refractivity contribution < 1.29 is 13.6 Å². The molecular formula is C14H10BrF2NO. The summed E-state index contributed by atoms with van der Waals surface area (Å²) < 4.78 is 27.4. The SMILES string of the molecule is Fc1cccc(F)c1CON=Cc1ccccc1Br. The molecule has 5 heteroatoms. The molecule has 0 saturated heterocycles. The van der Waals surface area contributed by atoms with E-state index in [0.29, 0.717) is 0 Å². The molecular weight excluding hydrogens is 316 g/mol. The Morgan fingerprint density at radius 3 is 2.42 bits per heavy atom. The van der Waals surface area contributed by atoms with Gasteiger partial charge in [0.05, 0.1) is 11.8 Å². The summed E-state index contributed by atoms with van der Waals surface area (Å²) in [4.78, 5) is 4.91. The second kappa shape index (κ2) is 6.43. The fourth-order valence-corrected chi connectivity index (χ4v) is 1.83. The number of hydrogen-bond donors (Lipinski definition) is 0. The standard InChI is InChI=1S/C14H10BrF2NO/c15-12-5-2-1-4-10(12)8-18-19-9-11-13(16)6-3-7-14(11)17/h1-8H,9H2. The number of rotatable bonds is 4. The molecule has 2 rings (SSSR count). The zero-order valence-corrected chi connectivity index (χ0v) is 11.4. The lowest BCUT2D eigenvalue weighted by atomic mass is 10.2. The number of benzene rings is 2. The third kappa shape index (κ3) is 3.61. The van der Waals surface area contributed by atoms with E-state index in [4.69, 9.17) is 4.84 Å². The summed E-state index contributed by atoms with van der Waals surface area (Å²) in [6.07, 6.45) is 1.48. The summed E-state index contributed by atoms with van der Waals surface area (Å²) in [5.41, 5.74) is 0.684. The first-order valence-electron chi connectivity index (χ1n) is 5.51. The first-order valence-corrected chi connectivity index (χ1v) is 6.30. The molecule has 0 spiro atoms. The van der Waals surface area contributed by atoms with Crippen molar-refractivity contribution in [1.29, 1.82) is 0 Å². The minimum atomic E-state index is -0.643. The van der Waals surface area contributed by atoms with Gasteiger partial charge in [-0.3, -0.25) is 0 Å². The van der Waals surface area contributed by atoms with Crippen molar-refractivity contribution in [3.63, 3.8) is 0 Å². The summed E-state index contributed by atoms with van der Waals surface area (Å²) in [7, 11) is 0. The highest BCUT2D eigenvalue weighted by Gasteiger charge is 2.08. The van der Waals surface area contributed by atoms with E-state index < -0.39 is 11.6 Å². The molecule has 2 aromatic rings. The molecule has 0 saturated carbocycles. The molecule has 0 aliphatic heterocycles. The highest BCUT2D eigenvalue weighted by Crippen LogP contribution is 2.15. The van der Waals surface area contributed by atoms with Crippen LogP contribution in [0.4, 0.5) is 8.78 Å². The number of oxime groups is 1. The van der Waals surface area contributed by atoms with Gasteiger partial charge in [0.25, 0.3) is 0 Å². The molecule has 0 bridgehead atoms. The molecule has 19 heavy (non-hydrogen) atoms. The van der Waals surface area contributed by atoms with E-state index in [1.54, 1.807) is 0 Å². The molecule has 98 valence electrons. The normalized spacial score (nSPS) is 10.9. The van der Waals surface area contributed by atoms with Crippen LogP contribution in [0.25, 0.3) is 0 Å². The minimum Gasteiger partial charge on any atom is -0.391 e. The molecule has 0 aromatic heterocycles. The van der Waals surface area contributed by atoms with Crippen molar-refractivity contribution in [3.8, 4) is 0 Å². The maximum atomic E-state index is 13.3. The fourth-order valence-electron chi connectivity index (χ4n) is 1.45. The summed E-state index contributed by atoms with van der Waals surface area (Å²) in [6, 6.07) is 11.1. The highest BCUT2D eigenvalue weighted by atomic mass is 79.9. The van der Waals surface area contributed by atoms with Gasteiger partial charge >= 0.3 is 0 Å². The summed E-state index contributed by atoms with van der Waals surface area (Å²) in [5.74, 6) is -1.29. The van der Waals surface area contributed by atoms with Gasteiger partial charge in [-0.25, -0.2) is 8.78 Å². The molecule has 0 fully saturated rings. The van der Waals surface area contributed by atoms with E-state index in [0.717, 1.165) is 10.0 Å². The van der Waals surface area contributed by atoms with Crippen molar-refractivity contribution in [1.82, 2.24) is 0 Å². The second-order valence-corrected chi connectivity index (χ2v) is 4.58. The van der Waals surface area contributed by atoms with Crippen LogP contribution in [-0.2, 0) is 11.4 Å². The van der Waals surface area contributed by atoms with Crippen LogP contribution < -0.4 is 0 Å². The molecule has 0 amide bonds. The molecule has 0 heterocycles. The number of hydrogen-bond acceptors (Lipinski definition) is 2. The first kappa shape index (κ1) is 13.7. The Labute approximate surface area is 117 Å². The predicted octanol–water partition coefficient (Wildman–Crippen LogP) is 4.28. The lowest BCUT2D eigenvalue weighted by molar-refractivity contribution is 0.126. The molecule has 2 nitrogen and oxygen atoms in total. The van der Waals surface area contributed by atoms with Crippen LogP contribution in [0.1, 0.15) is 11.1 Å². The van der Waals surface area contributed by atoms with Crippen LogP contribution in [0.3, 0.4) is 0 Å². The van der Waals surface area contributed by atoms with E-state index >= 15 is 0 Å². The van der Waals surface area contributed by atoms with E-state index in [1.807, 2.05) is 24.3 Å². The van der Waals surface area contributed by atoms with E-state index in [2.05, 4.69) is 21.1 Å². The maximum Gasteiger partial charge on any atom is 0.147 e. The number of nitrogens with zero attached hydrogens (tertiary/aromatic N) is 1. The zero-order chi connectivity index (χ0) is 13.7. The average molecular weight is 326 g/mol. The second-order valence-electron chi connectivity index (χ2n) is 3.73. The molecule has 0 radical (unpaired) electrons. The lowest BCUT2D eigenvalue weighted by Gasteiger charge is -2.03. The predicted molar refractivity (Wildman–Crippen MR) is 72.9 cm³/mol. The van der Waals surface area contributed by atoms with Gasteiger partial charge in [0.1, 0.15) is 18.2 Å². The smallest absolute Gasteiger partial charge is 0.147 e. The average Bonchev–Trinajstić information content (AvgIpc) is 2.39. The van der Waals surface area contributed by atoms with Crippen LogP contribution in [0.2, 0.25) is 0 Å². The van der Waals surface area contributed by atoms with Gasteiger partial charge in [-0.2, -0.15) is 0 Å². The van der Waals surface area contributed by atoms with Gasteiger partial charge in [0.2, 0.25) is 0 Å². The molecule has 0 aliphatic carbocycles. The fraction of sp³-hybridized carbons (Fsp3) is 0.0714. The van der Waals surface area contributed by atoms with Crippen molar-refractivity contribution >= 4 is 22.1 Å². The third-order valence-corrected chi connectivity index (χ3v) is 3.16. The van der Waals surface area contributed by atoms with Crippen LogP contribution in [0, 0.1) is 11.6 Å². The van der Waals surface area contributed by atoms with Gasteiger partial charge in [-0.1, -0.05) is 45.4 Å². The van der Waals surface area contributed by atoms with Gasteiger partial charge in [-0.15, -0.1) is 0 Å². The van der Waals surface area contributed by atoms with E-state index in [9.17, 15) is 8.78 Å². The molecule has 0 aliphatic rings. The van der Waals surface area contributed by atoms with Crippen molar-refractivity contribution in [3.05, 3.63) is 69.7 Å². The van der Waals surface area contributed by atoms with Gasteiger partial charge in [-0.05, 0) is 18.2 Å². The minimum absolute atomic E-state index is 0.133. The number of halogens is 3. The summed E-state index contributed by atoms with van der Waals surface area (Å²) in [6.45, 7) is -0.251. The Hall–Kier alpha value is -1.75. The molecule has 0 unspecified atom stereocenters. The van der Waals surface area contributed by atoms with E-state index in [-0.39, 0.29) is 12.2 Å². The monoisotopic (exact) mass is 325 g/mol. The van der Waals surface area contributed by atoms with Crippen LogP contribution in [0.15, 0.2) is 52.1 Å². The summed E-state index contributed by atoms with van der Waals surface area (Å²) in [5, 5.41) is 3.69. The van der Waals surface area contributed by atoms with Crippen molar-refractivity contribution in [2.45, 2.75) is 6.61 Å². The Morgan fingerprint density at radius 1 is 1.05 bits per heavy atom. The largest absolute Gasteiger partial charge is 0.391 e. The molecule has 0 atom stereocenters. The highest BCUT2D eigenvalue weighted by molar-refractivity contribution is 9.10. The van der Waals surface area contributed by atoms with Crippen molar-refractivity contribution in [2.24, 2.45) is 5.16 Å². The molecule has 2 aromatic carbocycles. The van der Waals surface area contributed by atoms with Crippen molar-refractivity contribution in [2.75, 3.05) is 0 Å². The first-order chi connectivity index (χ1) is 9.18.